The second-order valence-corrected chi connectivity index (χ2v) is 3.02. The molecule has 0 bridgehead atoms. The van der Waals surface area contributed by atoms with Crippen LogP contribution in [-0.2, 0) is 4.74 Å². The minimum atomic E-state index is 0.418. The third-order valence-corrected chi connectivity index (χ3v) is 2.22. The van der Waals surface area contributed by atoms with Gasteiger partial charge < -0.3 is 4.74 Å². The normalized spacial score (nSPS) is 21.3. The number of nitrogens with one attached hydrogen (secondary N) is 1. The lowest BCUT2D eigenvalue weighted by atomic mass is 9.97. The molecule has 2 rings (SSSR count). The van der Waals surface area contributed by atoms with Crippen molar-refractivity contribution in [2.75, 3.05) is 7.11 Å². The van der Waals surface area contributed by atoms with Gasteiger partial charge >= 0.3 is 0 Å². The van der Waals surface area contributed by atoms with Crippen molar-refractivity contribution in [1.29, 1.82) is 0 Å². The topological polar surface area (TPSA) is 37.9 Å². The molecule has 1 aliphatic carbocycles. The van der Waals surface area contributed by atoms with Gasteiger partial charge in [-0.3, -0.25) is 5.10 Å². The zero-order chi connectivity index (χ0) is 9.10. The van der Waals surface area contributed by atoms with Crippen molar-refractivity contribution >= 4 is 0 Å². The predicted octanol–water partition coefficient (Wildman–Crippen LogP) is 1.98. The second-order valence-electron chi connectivity index (χ2n) is 3.02. The summed E-state index contributed by atoms with van der Waals surface area (Å²) in [6.07, 6.45) is 8.97. The van der Waals surface area contributed by atoms with E-state index in [1.54, 1.807) is 13.3 Å². The highest BCUT2D eigenvalue weighted by Crippen LogP contribution is 2.24. The quantitative estimate of drug-likeness (QED) is 0.748. The molecule has 0 saturated carbocycles. The molecule has 0 amide bonds. The van der Waals surface area contributed by atoms with E-state index in [9.17, 15) is 0 Å². The van der Waals surface area contributed by atoms with Crippen LogP contribution in [0.2, 0.25) is 0 Å². The Kier molecular flexibility index (Phi) is 2.17. The third-order valence-electron chi connectivity index (χ3n) is 2.22. The van der Waals surface area contributed by atoms with E-state index in [0.29, 0.717) is 5.92 Å². The fourth-order valence-electron chi connectivity index (χ4n) is 1.46. The van der Waals surface area contributed by atoms with E-state index in [-0.39, 0.29) is 0 Å². The first kappa shape index (κ1) is 8.10. The number of aromatic nitrogens is 2. The molecule has 13 heavy (non-hydrogen) atoms. The highest BCUT2D eigenvalue weighted by atomic mass is 16.5. The Bertz CT molecular complexity index is 325. The van der Waals surface area contributed by atoms with Gasteiger partial charge in [0.15, 0.2) is 0 Å². The maximum absolute atomic E-state index is 5.11. The molecule has 68 valence electrons. The Labute approximate surface area is 77.1 Å². The molecule has 1 N–H and O–H groups in total. The molecule has 3 heteroatoms. The minimum absolute atomic E-state index is 0.418. The van der Waals surface area contributed by atoms with Gasteiger partial charge in [0.25, 0.3) is 0 Å². The first-order valence-corrected chi connectivity index (χ1v) is 4.32. The van der Waals surface area contributed by atoms with Crippen LogP contribution in [0.4, 0.5) is 0 Å². The summed E-state index contributed by atoms with van der Waals surface area (Å²) in [6, 6.07) is 2.00. The van der Waals surface area contributed by atoms with E-state index < -0.39 is 0 Å². The smallest absolute Gasteiger partial charge is 0.114 e. The highest BCUT2D eigenvalue weighted by Gasteiger charge is 2.11. The van der Waals surface area contributed by atoms with Crippen LogP contribution in [0.1, 0.15) is 18.0 Å². The van der Waals surface area contributed by atoms with Crippen LogP contribution < -0.4 is 0 Å². The third kappa shape index (κ3) is 1.64. The molecule has 1 heterocycles. The number of methoxy groups -OCH3 is 1. The molecular formula is C10H12N2O. The lowest BCUT2D eigenvalue weighted by Gasteiger charge is -2.13. The second kappa shape index (κ2) is 3.47. The molecular weight excluding hydrogens is 164 g/mol. The van der Waals surface area contributed by atoms with Crippen molar-refractivity contribution in [3.8, 4) is 0 Å². The first-order chi connectivity index (χ1) is 6.40. The molecule has 1 aromatic heterocycles. The van der Waals surface area contributed by atoms with E-state index in [2.05, 4.69) is 22.3 Å². The van der Waals surface area contributed by atoms with Gasteiger partial charge in [-0.1, -0.05) is 6.08 Å². The van der Waals surface area contributed by atoms with E-state index in [1.807, 2.05) is 12.1 Å². The van der Waals surface area contributed by atoms with Gasteiger partial charge in [0.2, 0.25) is 0 Å². The molecule has 1 aliphatic rings. The number of aromatic amines is 1. The highest BCUT2D eigenvalue weighted by molar-refractivity contribution is 5.25. The minimum Gasteiger partial charge on any atom is -0.497 e. The van der Waals surface area contributed by atoms with Gasteiger partial charge in [0.05, 0.1) is 7.11 Å². The molecule has 1 aromatic rings. The van der Waals surface area contributed by atoms with Crippen molar-refractivity contribution in [3.05, 3.63) is 41.9 Å². The summed E-state index contributed by atoms with van der Waals surface area (Å²) in [6.45, 7) is 0. The van der Waals surface area contributed by atoms with Gasteiger partial charge in [0, 0.05) is 17.8 Å². The number of allylic oxidation sites excluding steroid dienone is 3. The number of hydrogen-bond acceptors (Lipinski definition) is 2. The van der Waals surface area contributed by atoms with E-state index in [1.165, 1.54) is 0 Å². The Morgan fingerprint density at radius 1 is 1.62 bits per heavy atom. The summed E-state index contributed by atoms with van der Waals surface area (Å²) in [4.78, 5) is 0. The molecule has 3 nitrogen and oxygen atoms in total. The Morgan fingerprint density at radius 2 is 2.54 bits per heavy atom. The average Bonchev–Trinajstić information content (AvgIpc) is 2.71. The molecule has 0 saturated heterocycles. The Hall–Kier alpha value is -1.51. The Morgan fingerprint density at radius 3 is 3.08 bits per heavy atom. The SMILES string of the molecule is COC1=CCC(c2ccn[nH]2)C=C1. The zero-order valence-corrected chi connectivity index (χ0v) is 7.53. The summed E-state index contributed by atoms with van der Waals surface area (Å²) < 4.78 is 5.11. The maximum Gasteiger partial charge on any atom is 0.114 e. The monoisotopic (exact) mass is 176 g/mol. The maximum atomic E-state index is 5.11. The first-order valence-electron chi connectivity index (χ1n) is 4.32. The largest absolute Gasteiger partial charge is 0.497 e. The fraction of sp³-hybridized carbons (Fsp3) is 0.300. The van der Waals surface area contributed by atoms with Crippen LogP contribution in [0.5, 0.6) is 0 Å². The number of rotatable bonds is 2. The summed E-state index contributed by atoms with van der Waals surface area (Å²) in [7, 11) is 1.69. The van der Waals surface area contributed by atoms with E-state index in [4.69, 9.17) is 4.74 Å². The number of ether oxygens (including phenoxy) is 1. The molecule has 1 atom stereocenters. The summed E-state index contributed by atoms with van der Waals surface area (Å²) >= 11 is 0. The van der Waals surface area contributed by atoms with Crippen LogP contribution in [-0.4, -0.2) is 17.3 Å². The van der Waals surface area contributed by atoms with Crippen LogP contribution >= 0.6 is 0 Å². The van der Waals surface area contributed by atoms with E-state index >= 15 is 0 Å². The van der Waals surface area contributed by atoms with Crippen molar-refractivity contribution in [1.82, 2.24) is 10.2 Å². The van der Waals surface area contributed by atoms with Gasteiger partial charge in [0.1, 0.15) is 5.76 Å². The van der Waals surface area contributed by atoms with Crippen molar-refractivity contribution < 1.29 is 4.74 Å². The van der Waals surface area contributed by atoms with Gasteiger partial charge in [-0.2, -0.15) is 5.10 Å². The van der Waals surface area contributed by atoms with E-state index in [0.717, 1.165) is 17.9 Å². The molecule has 0 fully saturated rings. The predicted molar refractivity (Wildman–Crippen MR) is 50.2 cm³/mol. The van der Waals surface area contributed by atoms with Crippen LogP contribution in [0.25, 0.3) is 0 Å². The molecule has 0 aromatic carbocycles. The van der Waals surface area contributed by atoms with Gasteiger partial charge in [-0.15, -0.1) is 0 Å². The summed E-state index contributed by atoms with van der Waals surface area (Å²) in [5.41, 5.74) is 1.16. The number of H-pyrrole nitrogens is 1. The lowest BCUT2D eigenvalue weighted by Crippen LogP contribution is -1.99. The number of hydrogen-bond donors (Lipinski definition) is 1. The van der Waals surface area contributed by atoms with Gasteiger partial charge in [-0.05, 0) is 24.6 Å². The molecule has 0 spiro atoms. The summed E-state index contributed by atoms with van der Waals surface area (Å²) in [5.74, 6) is 1.36. The van der Waals surface area contributed by atoms with Crippen molar-refractivity contribution in [2.24, 2.45) is 0 Å². The lowest BCUT2D eigenvalue weighted by molar-refractivity contribution is 0.303. The fourth-order valence-corrected chi connectivity index (χ4v) is 1.46. The molecule has 0 aliphatic heterocycles. The van der Waals surface area contributed by atoms with Crippen molar-refractivity contribution in [3.63, 3.8) is 0 Å². The van der Waals surface area contributed by atoms with Gasteiger partial charge in [-0.25, -0.2) is 0 Å². The molecule has 0 radical (unpaired) electrons. The Balaban J connectivity index is 2.09. The van der Waals surface area contributed by atoms with Crippen LogP contribution in [0, 0.1) is 0 Å². The van der Waals surface area contributed by atoms with Crippen molar-refractivity contribution in [2.45, 2.75) is 12.3 Å². The average molecular weight is 176 g/mol. The number of nitrogens with zero attached hydrogens (tertiary/aromatic N) is 1. The van der Waals surface area contributed by atoms with Crippen LogP contribution in [0.3, 0.4) is 0 Å². The summed E-state index contributed by atoms with van der Waals surface area (Å²) in [5, 5.41) is 6.89. The van der Waals surface area contributed by atoms with Crippen LogP contribution in [0.15, 0.2) is 36.3 Å². The standard InChI is InChI=1S/C10H12N2O/c1-13-9-4-2-8(3-5-9)10-6-7-11-12-10/h2,4-8H,3H2,1H3,(H,11,12). The zero-order valence-electron chi connectivity index (χ0n) is 7.53. The molecule has 1 unspecified atom stereocenters.